The summed E-state index contributed by atoms with van der Waals surface area (Å²) in [5.41, 5.74) is 2.86. The number of aromatic amines is 1. The maximum Gasteiger partial charge on any atom is 0.279 e. The van der Waals surface area contributed by atoms with Gasteiger partial charge < -0.3 is 9.64 Å². The highest BCUT2D eigenvalue weighted by molar-refractivity contribution is 5.52. The summed E-state index contributed by atoms with van der Waals surface area (Å²) >= 11 is 0. The highest BCUT2D eigenvalue weighted by Crippen LogP contribution is 2.20. The van der Waals surface area contributed by atoms with Crippen molar-refractivity contribution in [2.75, 3.05) is 31.2 Å². The molecule has 3 aromatic rings. The molecule has 2 aromatic heterocycles. The summed E-state index contributed by atoms with van der Waals surface area (Å²) in [6, 6.07) is 8.20. The van der Waals surface area contributed by atoms with Crippen LogP contribution in [0, 0.1) is 6.92 Å². The van der Waals surface area contributed by atoms with Crippen LogP contribution in [0.2, 0.25) is 0 Å². The molecule has 1 aromatic carbocycles. The third-order valence-electron chi connectivity index (χ3n) is 4.28. The predicted octanol–water partition coefficient (Wildman–Crippen LogP) is 1.15. The third kappa shape index (κ3) is 2.67. The van der Waals surface area contributed by atoms with Crippen molar-refractivity contribution in [3.8, 4) is 0 Å². The molecule has 1 aliphatic heterocycles. The van der Waals surface area contributed by atoms with Crippen LogP contribution in [0.3, 0.4) is 0 Å². The quantitative estimate of drug-likeness (QED) is 0.782. The maximum absolute atomic E-state index is 12.9. The predicted molar refractivity (Wildman–Crippen MR) is 90.6 cm³/mol. The number of nitrogens with zero attached hydrogens (tertiary/aromatic N) is 4. The zero-order valence-electron chi connectivity index (χ0n) is 13.5. The molecule has 1 N–H and O–H groups in total. The van der Waals surface area contributed by atoms with Crippen molar-refractivity contribution in [3.05, 3.63) is 57.6 Å². The fourth-order valence-corrected chi connectivity index (χ4v) is 3.10. The van der Waals surface area contributed by atoms with Gasteiger partial charge in [-0.25, -0.2) is 4.98 Å². The molecular formula is C17H19N5O2. The highest BCUT2D eigenvalue weighted by Gasteiger charge is 2.21. The number of ether oxygens (including phenoxy) is 1. The van der Waals surface area contributed by atoms with E-state index in [1.807, 2.05) is 12.1 Å². The number of nitrogens with one attached hydrogen (secondary N) is 1. The molecule has 1 saturated heterocycles. The normalized spacial score (nSPS) is 15.1. The number of morpholine rings is 1. The minimum Gasteiger partial charge on any atom is -0.378 e. The first-order valence-electron chi connectivity index (χ1n) is 8.05. The lowest BCUT2D eigenvalue weighted by molar-refractivity contribution is 0.122. The van der Waals surface area contributed by atoms with Crippen molar-refractivity contribution in [1.82, 2.24) is 19.6 Å². The molecule has 1 fully saturated rings. The van der Waals surface area contributed by atoms with Gasteiger partial charge in [-0.15, -0.1) is 0 Å². The van der Waals surface area contributed by atoms with Gasteiger partial charge in [0, 0.05) is 19.5 Å². The summed E-state index contributed by atoms with van der Waals surface area (Å²) in [5, 5.41) is 2.84. The van der Waals surface area contributed by atoms with Crippen LogP contribution in [0.1, 0.15) is 16.7 Å². The summed E-state index contributed by atoms with van der Waals surface area (Å²) in [6.45, 7) is 4.80. The van der Waals surface area contributed by atoms with Crippen molar-refractivity contribution in [1.29, 1.82) is 0 Å². The van der Waals surface area contributed by atoms with Gasteiger partial charge in [0.2, 0.25) is 0 Å². The van der Waals surface area contributed by atoms with E-state index in [1.54, 1.807) is 0 Å². The number of rotatable bonds is 3. The Bertz CT molecular complexity index is 924. The average Bonchev–Trinajstić information content (AvgIpc) is 3.07. The molecule has 0 unspecified atom stereocenters. The molecular weight excluding hydrogens is 306 g/mol. The molecule has 7 nitrogen and oxygen atoms in total. The standard InChI is InChI=1S/C17H19N5O2/c1-12-3-2-4-13(9-12)10-14-15(21-5-7-24-8-6-21)20-17-18-11-19-22(17)16(14)23/h2-4,9,11H,5-8,10H2,1H3,(H,18,19,20). The fraction of sp³-hybridized carbons (Fsp3) is 0.353. The van der Waals surface area contributed by atoms with E-state index in [4.69, 9.17) is 4.74 Å². The summed E-state index contributed by atoms with van der Waals surface area (Å²) in [6.07, 6.45) is 2.03. The van der Waals surface area contributed by atoms with Crippen LogP contribution in [0.5, 0.6) is 0 Å². The molecule has 3 heterocycles. The van der Waals surface area contributed by atoms with Crippen LogP contribution in [0.15, 0.2) is 35.4 Å². The van der Waals surface area contributed by atoms with Crippen LogP contribution in [-0.2, 0) is 11.2 Å². The van der Waals surface area contributed by atoms with Crippen LogP contribution >= 0.6 is 0 Å². The molecule has 0 atom stereocenters. The van der Waals surface area contributed by atoms with E-state index in [9.17, 15) is 4.79 Å². The van der Waals surface area contributed by atoms with Crippen LogP contribution in [-0.4, -0.2) is 45.9 Å². The lowest BCUT2D eigenvalue weighted by Crippen LogP contribution is -2.39. The van der Waals surface area contributed by atoms with Gasteiger partial charge in [0.1, 0.15) is 12.1 Å². The first-order chi connectivity index (χ1) is 11.7. The first kappa shape index (κ1) is 14.9. The smallest absolute Gasteiger partial charge is 0.279 e. The second kappa shape index (κ2) is 6.09. The second-order valence-corrected chi connectivity index (χ2v) is 6.01. The monoisotopic (exact) mass is 325 g/mol. The van der Waals surface area contributed by atoms with Crippen molar-refractivity contribution in [3.63, 3.8) is 0 Å². The Labute approximate surface area is 138 Å². The van der Waals surface area contributed by atoms with E-state index >= 15 is 0 Å². The molecule has 0 amide bonds. The molecule has 0 aliphatic carbocycles. The Balaban J connectivity index is 1.84. The number of H-pyrrole nitrogens is 1. The van der Waals surface area contributed by atoms with Gasteiger partial charge in [-0.1, -0.05) is 29.8 Å². The van der Waals surface area contributed by atoms with E-state index in [1.165, 1.54) is 16.4 Å². The summed E-state index contributed by atoms with van der Waals surface area (Å²) < 4.78 is 6.82. The Kier molecular flexibility index (Phi) is 3.78. The molecule has 0 bridgehead atoms. The largest absolute Gasteiger partial charge is 0.378 e. The zero-order chi connectivity index (χ0) is 16.5. The van der Waals surface area contributed by atoms with Crippen molar-refractivity contribution in [2.45, 2.75) is 13.3 Å². The molecule has 7 heteroatoms. The van der Waals surface area contributed by atoms with E-state index in [0.29, 0.717) is 31.0 Å². The Morgan fingerprint density at radius 1 is 1.29 bits per heavy atom. The van der Waals surface area contributed by atoms with E-state index < -0.39 is 0 Å². The molecule has 0 spiro atoms. The second-order valence-electron chi connectivity index (χ2n) is 6.01. The van der Waals surface area contributed by atoms with Crippen molar-refractivity contribution < 1.29 is 4.74 Å². The molecule has 0 radical (unpaired) electrons. The number of fused-ring (bicyclic) bond motifs is 1. The van der Waals surface area contributed by atoms with Gasteiger partial charge in [-0.3, -0.25) is 9.89 Å². The number of hydrogen-bond acceptors (Lipinski definition) is 5. The van der Waals surface area contributed by atoms with Crippen LogP contribution < -0.4 is 10.5 Å². The topological polar surface area (TPSA) is 75.5 Å². The van der Waals surface area contributed by atoms with Gasteiger partial charge in [0.05, 0.1) is 18.8 Å². The Hall–Kier alpha value is -2.67. The number of aromatic nitrogens is 4. The molecule has 1 aliphatic rings. The van der Waals surface area contributed by atoms with Gasteiger partial charge >= 0.3 is 0 Å². The fourth-order valence-electron chi connectivity index (χ4n) is 3.10. The summed E-state index contributed by atoms with van der Waals surface area (Å²) in [4.78, 5) is 23.8. The SMILES string of the molecule is Cc1cccc(Cc2c(N3CCOCC3)nc3nc[nH]n3c2=O)c1. The summed E-state index contributed by atoms with van der Waals surface area (Å²) in [5.74, 6) is 1.12. The molecule has 124 valence electrons. The number of aryl methyl sites for hydroxylation is 1. The zero-order valence-corrected chi connectivity index (χ0v) is 13.5. The number of benzene rings is 1. The molecule has 24 heavy (non-hydrogen) atoms. The molecule has 0 saturated carbocycles. The lowest BCUT2D eigenvalue weighted by atomic mass is 10.0. The molecule has 4 rings (SSSR count). The van der Waals surface area contributed by atoms with Crippen LogP contribution in [0.4, 0.5) is 5.82 Å². The van der Waals surface area contributed by atoms with Gasteiger partial charge in [-0.2, -0.15) is 9.50 Å². The Morgan fingerprint density at radius 3 is 2.92 bits per heavy atom. The lowest BCUT2D eigenvalue weighted by Gasteiger charge is -2.29. The summed E-state index contributed by atoms with van der Waals surface area (Å²) in [7, 11) is 0. The average molecular weight is 325 g/mol. The van der Waals surface area contributed by atoms with Crippen molar-refractivity contribution >= 4 is 11.6 Å². The third-order valence-corrected chi connectivity index (χ3v) is 4.28. The van der Waals surface area contributed by atoms with Crippen LogP contribution in [0.25, 0.3) is 5.78 Å². The van der Waals surface area contributed by atoms with Gasteiger partial charge in [0.25, 0.3) is 11.3 Å². The number of hydrogen-bond donors (Lipinski definition) is 1. The van der Waals surface area contributed by atoms with E-state index in [-0.39, 0.29) is 5.56 Å². The van der Waals surface area contributed by atoms with E-state index in [2.05, 4.69) is 39.0 Å². The van der Waals surface area contributed by atoms with E-state index in [0.717, 1.165) is 24.5 Å². The maximum atomic E-state index is 12.9. The van der Waals surface area contributed by atoms with Gasteiger partial charge in [-0.05, 0) is 12.5 Å². The first-order valence-corrected chi connectivity index (χ1v) is 8.05. The minimum atomic E-state index is -0.0968. The minimum absolute atomic E-state index is 0.0968. The van der Waals surface area contributed by atoms with Crippen molar-refractivity contribution in [2.24, 2.45) is 0 Å². The highest BCUT2D eigenvalue weighted by atomic mass is 16.5. The Morgan fingerprint density at radius 2 is 2.12 bits per heavy atom. The van der Waals surface area contributed by atoms with Gasteiger partial charge in [0.15, 0.2) is 0 Å². The number of anilines is 1.